The van der Waals surface area contributed by atoms with Gasteiger partial charge in [0.05, 0.1) is 7.57 Å². The van der Waals surface area contributed by atoms with Gasteiger partial charge in [0.25, 0.3) is 0 Å². The molecule has 0 aliphatic rings. The predicted molar refractivity (Wildman–Crippen MR) is 66.1 cm³/mol. The Morgan fingerprint density at radius 3 is 1.67 bits per heavy atom. The van der Waals surface area contributed by atoms with Gasteiger partial charge in [0, 0.05) is 4.47 Å². The van der Waals surface area contributed by atoms with E-state index in [9.17, 15) is 0 Å². The molecule has 0 N–H and O–H groups in total. The van der Waals surface area contributed by atoms with Crippen LogP contribution in [0, 0.1) is 0 Å². The average molecular weight is 377 g/mol. The molecule has 0 saturated heterocycles. The molecule has 0 unspecified atom stereocenters. The zero-order valence-electron chi connectivity index (χ0n) is 7.04. The van der Waals surface area contributed by atoms with Gasteiger partial charge in [0.1, 0.15) is 0 Å². The minimum Gasteiger partial charge on any atom is -0.120 e. The van der Waals surface area contributed by atoms with Crippen molar-refractivity contribution in [2.75, 3.05) is 0 Å². The molecule has 0 radical (unpaired) electrons. The van der Waals surface area contributed by atoms with E-state index >= 15 is 0 Å². The van der Waals surface area contributed by atoms with Crippen molar-refractivity contribution in [2.24, 2.45) is 0 Å². The second-order valence-corrected chi connectivity index (χ2v) is 8.04. The summed E-state index contributed by atoms with van der Waals surface area (Å²) >= 11 is 12.3. The van der Waals surface area contributed by atoms with Crippen LogP contribution < -0.4 is 0 Å². The van der Waals surface area contributed by atoms with E-state index in [-0.39, 0.29) is 5.41 Å². The Bertz CT molecular complexity index is 296. The molecule has 1 aromatic rings. The van der Waals surface area contributed by atoms with Crippen molar-refractivity contribution in [1.82, 2.24) is 0 Å². The summed E-state index contributed by atoms with van der Waals surface area (Å²) in [6, 6.07) is 0. The van der Waals surface area contributed by atoms with Crippen LogP contribution in [0.1, 0.15) is 26.3 Å². The van der Waals surface area contributed by atoms with E-state index in [1.807, 2.05) is 0 Å². The van der Waals surface area contributed by atoms with E-state index < -0.39 is 0 Å². The molecule has 0 atom stereocenters. The van der Waals surface area contributed by atoms with Crippen LogP contribution >= 0.6 is 59.1 Å². The lowest BCUT2D eigenvalue weighted by Gasteiger charge is -2.18. The Morgan fingerprint density at radius 2 is 1.50 bits per heavy atom. The van der Waals surface area contributed by atoms with Crippen LogP contribution in [0.2, 0.25) is 0 Å². The first kappa shape index (κ1) is 11.2. The van der Waals surface area contributed by atoms with Gasteiger partial charge >= 0.3 is 0 Å². The van der Waals surface area contributed by atoms with Crippen LogP contribution in [0.25, 0.3) is 0 Å². The highest BCUT2D eigenvalue weighted by molar-refractivity contribution is 9.14. The van der Waals surface area contributed by atoms with Crippen LogP contribution in [0.5, 0.6) is 0 Å². The molecule has 68 valence electrons. The third kappa shape index (κ3) is 2.14. The standard InChI is InChI=1S/C8H9Br3S/c1-8(2,3)4-5(9)7(11)12-6(4)10/h1-3H3. The largest absolute Gasteiger partial charge is 0.120 e. The molecular formula is C8H9Br3S. The molecule has 0 aromatic carbocycles. The third-order valence-electron chi connectivity index (χ3n) is 1.52. The average Bonchev–Trinajstić information content (AvgIpc) is 2.05. The zero-order chi connectivity index (χ0) is 9.52. The van der Waals surface area contributed by atoms with Gasteiger partial charge in [-0.2, -0.15) is 0 Å². The molecule has 0 bridgehead atoms. The molecular weight excluding hydrogens is 368 g/mol. The van der Waals surface area contributed by atoms with Gasteiger partial charge in [-0.15, -0.1) is 11.3 Å². The summed E-state index contributed by atoms with van der Waals surface area (Å²) in [5.74, 6) is 0. The number of halogens is 3. The van der Waals surface area contributed by atoms with Crippen molar-refractivity contribution in [3.63, 3.8) is 0 Å². The lowest BCUT2D eigenvalue weighted by Crippen LogP contribution is -2.10. The van der Waals surface area contributed by atoms with Crippen LogP contribution in [0.4, 0.5) is 0 Å². The van der Waals surface area contributed by atoms with Gasteiger partial charge in [-0.1, -0.05) is 20.8 Å². The third-order valence-corrected chi connectivity index (χ3v) is 5.64. The van der Waals surface area contributed by atoms with Gasteiger partial charge in [0.15, 0.2) is 0 Å². The highest BCUT2D eigenvalue weighted by Gasteiger charge is 2.24. The molecule has 0 fully saturated rings. The quantitative estimate of drug-likeness (QED) is 0.573. The van der Waals surface area contributed by atoms with E-state index in [1.54, 1.807) is 11.3 Å². The second-order valence-electron chi connectivity index (χ2n) is 3.59. The predicted octanol–water partition coefficient (Wildman–Crippen LogP) is 5.33. The Balaban J connectivity index is 3.32. The fourth-order valence-electron chi connectivity index (χ4n) is 0.983. The normalized spacial score (nSPS) is 12.2. The van der Waals surface area contributed by atoms with Crippen molar-refractivity contribution in [1.29, 1.82) is 0 Å². The Kier molecular flexibility index (Phi) is 3.47. The van der Waals surface area contributed by atoms with Gasteiger partial charge in [0.2, 0.25) is 0 Å². The zero-order valence-corrected chi connectivity index (χ0v) is 12.6. The maximum Gasteiger partial charge on any atom is 0.0855 e. The molecule has 0 aliphatic carbocycles. The van der Waals surface area contributed by atoms with E-state index in [0.29, 0.717) is 0 Å². The monoisotopic (exact) mass is 374 g/mol. The van der Waals surface area contributed by atoms with Crippen LogP contribution in [-0.4, -0.2) is 0 Å². The summed E-state index contributed by atoms with van der Waals surface area (Å²) in [5.41, 5.74) is 1.51. The molecule has 0 saturated carbocycles. The topological polar surface area (TPSA) is 0 Å². The van der Waals surface area contributed by atoms with Crippen molar-refractivity contribution >= 4 is 59.1 Å². The van der Waals surface area contributed by atoms with Crippen LogP contribution in [0.15, 0.2) is 12.0 Å². The van der Waals surface area contributed by atoms with E-state index in [0.717, 1.165) is 3.79 Å². The van der Waals surface area contributed by atoms with E-state index in [2.05, 4.69) is 68.6 Å². The summed E-state index contributed by atoms with van der Waals surface area (Å²) in [6.07, 6.45) is 0. The van der Waals surface area contributed by atoms with Crippen LogP contribution in [-0.2, 0) is 5.41 Å². The van der Waals surface area contributed by atoms with Gasteiger partial charge in [-0.25, -0.2) is 0 Å². The molecule has 0 nitrogen and oxygen atoms in total. The number of hydrogen-bond acceptors (Lipinski definition) is 1. The Labute approximate surface area is 102 Å². The highest BCUT2D eigenvalue weighted by Crippen LogP contribution is 2.45. The summed E-state index contributed by atoms with van der Waals surface area (Å²) in [6.45, 7) is 6.62. The summed E-state index contributed by atoms with van der Waals surface area (Å²) < 4.78 is 3.53. The van der Waals surface area contributed by atoms with Crippen molar-refractivity contribution < 1.29 is 0 Å². The number of thiophene rings is 1. The summed E-state index contributed by atoms with van der Waals surface area (Å²) in [7, 11) is 0. The second kappa shape index (κ2) is 3.71. The SMILES string of the molecule is CC(C)(C)c1c(Br)sc(Br)c1Br. The Morgan fingerprint density at radius 1 is 1.00 bits per heavy atom. The minimum atomic E-state index is 0.181. The van der Waals surface area contributed by atoms with E-state index in [4.69, 9.17) is 0 Å². The van der Waals surface area contributed by atoms with E-state index in [1.165, 1.54) is 13.8 Å². The summed E-state index contributed by atoms with van der Waals surface area (Å²) in [4.78, 5) is 0. The number of rotatable bonds is 0. The molecule has 12 heavy (non-hydrogen) atoms. The maximum absolute atomic E-state index is 3.57. The number of hydrogen-bond donors (Lipinski definition) is 0. The molecule has 1 heterocycles. The van der Waals surface area contributed by atoms with Crippen LogP contribution in [0.3, 0.4) is 0 Å². The van der Waals surface area contributed by atoms with Crippen molar-refractivity contribution in [2.45, 2.75) is 26.2 Å². The van der Waals surface area contributed by atoms with Gasteiger partial charge < -0.3 is 0 Å². The van der Waals surface area contributed by atoms with Gasteiger partial charge in [-0.05, 0) is 58.8 Å². The fraction of sp³-hybridized carbons (Fsp3) is 0.500. The fourth-order valence-corrected chi connectivity index (χ4v) is 5.89. The lowest BCUT2D eigenvalue weighted by atomic mass is 9.89. The van der Waals surface area contributed by atoms with Crippen molar-refractivity contribution in [3.05, 3.63) is 17.6 Å². The molecule has 0 amide bonds. The minimum absolute atomic E-state index is 0.181. The molecule has 0 aliphatic heterocycles. The Hall–Kier alpha value is 1.14. The molecule has 1 aromatic heterocycles. The smallest absolute Gasteiger partial charge is 0.0855 e. The molecule has 0 spiro atoms. The first-order valence-corrected chi connectivity index (χ1v) is 6.67. The van der Waals surface area contributed by atoms with Gasteiger partial charge in [-0.3, -0.25) is 0 Å². The highest BCUT2D eigenvalue weighted by atomic mass is 79.9. The molecule has 1 rings (SSSR count). The first-order valence-electron chi connectivity index (χ1n) is 3.48. The first-order chi connectivity index (χ1) is 5.34. The van der Waals surface area contributed by atoms with Crippen molar-refractivity contribution in [3.8, 4) is 0 Å². The summed E-state index contributed by atoms with van der Waals surface area (Å²) in [5, 5.41) is 0. The lowest BCUT2D eigenvalue weighted by molar-refractivity contribution is 0.587. The molecule has 4 heteroatoms. The maximum atomic E-state index is 3.57.